The first-order valence-corrected chi connectivity index (χ1v) is 5.66. The van der Waals surface area contributed by atoms with Crippen molar-refractivity contribution in [1.29, 1.82) is 0 Å². The fourth-order valence-corrected chi connectivity index (χ4v) is 1.35. The molecule has 0 aromatic heterocycles. The van der Waals surface area contributed by atoms with Crippen molar-refractivity contribution in [2.24, 2.45) is 0 Å². The number of hydrogen-bond acceptors (Lipinski definition) is 3. The van der Waals surface area contributed by atoms with Crippen molar-refractivity contribution in [3.05, 3.63) is 41.5 Å². The minimum atomic E-state index is -0.648. The van der Waals surface area contributed by atoms with Crippen molar-refractivity contribution in [2.75, 3.05) is 7.11 Å². The quantitative estimate of drug-likeness (QED) is 0.650. The molecule has 0 fully saturated rings. The molecule has 1 rings (SSSR count). The first-order chi connectivity index (χ1) is 8.52. The molecule has 0 bridgehead atoms. The predicted octanol–water partition coefficient (Wildman–Crippen LogP) is 1.69. The molecule has 1 aromatic carbocycles. The van der Waals surface area contributed by atoms with E-state index in [1.54, 1.807) is 13.0 Å². The molecule has 1 N–H and O–H groups in total. The number of ether oxygens (including phenoxy) is 1. The van der Waals surface area contributed by atoms with Crippen LogP contribution in [0.25, 0.3) is 6.08 Å². The van der Waals surface area contributed by atoms with Gasteiger partial charge in [0.25, 0.3) is 0 Å². The van der Waals surface area contributed by atoms with Crippen LogP contribution in [0.4, 0.5) is 0 Å². The Kier molecular flexibility index (Phi) is 5.11. The molecule has 1 atom stereocenters. The summed E-state index contributed by atoms with van der Waals surface area (Å²) in [4.78, 5) is 22.6. The van der Waals surface area contributed by atoms with E-state index in [4.69, 9.17) is 0 Å². The van der Waals surface area contributed by atoms with E-state index in [1.807, 2.05) is 31.2 Å². The molecule has 1 unspecified atom stereocenters. The third-order valence-electron chi connectivity index (χ3n) is 2.42. The van der Waals surface area contributed by atoms with Gasteiger partial charge in [0.05, 0.1) is 7.11 Å². The Morgan fingerprint density at radius 1 is 1.28 bits per heavy atom. The molecule has 1 aromatic rings. The molecule has 0 aliphatic carbocycles. The van der Waals surface area contributed by atoms with E-state index >= 15 is 0 Å². The standard InChI is InChI=1S/C14H17NO3/c1-10-4-6-12(7-5-10)8-9-13(16)15-11(2)14(17)18-3/h4-9,11H,1-3H3,(H,15,16)/b9-8+. The van der Waals surface area contributed by atoms with Crippen molar-refractivity contribution in [2.45, 2.75) is 19.9 Å². The monoisotopic (exact) mass is 247 g/mol. The number of rotatable bonds is 4. The molecular formula is C14H17NO3. The van der Waals surface area contributed by atoms with Crippen LogP contribution in [0.1, 0.15) is 18.1 Å². The lowest BCUT2D eigenvalue weighted by atomic mass is 10.1. The highest BCUT2D eigenvalue weighted by Gasteiger charge is 2.13. The summed E-state index contributed by atoms with van der Waals surface area (Å²) in [5.74, 6) is -0.791. The Morgan fingerprint density at radius 3 is 2.44 bits per heavy atom. The Hall–Kier alpha value is -2.10. The number of aryl methyl sites for hydroxylation is 1. The Morgan fingerprint density at radius 2 is 1.89 bits per heavy atom. The number of methoxy groups -OCH3 is 1. The van der Waals surface area contributed by atoms with Crippen LogP contribution in [0.5, 0.6) is 0 Å². The van der Waals surface area contributed by atoms with Crippen LogP contribution in [0.15, 0.2) is 30.3 Å². The van der Waals surface area contributed by atoms with Crippen LogP contribution >= 0.6 is 0 Å². The summed E-state index contributed by atoms with van der Waals surface area (Å²) in [6.07, 6.45) is 3.09. The molecule has 0 aliphatic rings. The highest BCUT2D eigenvalue weighted by Crippen LogP contribution is 2.04. The molecule has 0 saturated carbocycles. The van der Waals surface area contributed by atoms with E-state index in [9.17, 15) is 9.59 Å². The van der Waals surface area contributed by atoms with Crippen LogP contribution in [0.2, 0.25) is 0 Å². The lowest BCUT2D eigenvalue weighted by molar-refractivity contribution is -0.144. The van der Waals surface area contributed by atoms with E-state index in [2.05, 4.69) is 10.1 Å². The molecule has 1 amide bonds. The average Bonchev–Trinajstić information content (AvgIpc) is 2.37. The summed E-state index contributed by atoms with van der Waals surface area (Å²) in [5, 5.41) is 2.51. The zero-order valence-electron chi connectivity index (χ0n) is 10.8. The van der Waals surface area contributed by atoms with Crippen LogP contribution in [0, 0.1) is 6.92 Å². The van der Waals surface area contributed by atoms with Crippen LogP contribution in [-0.2, 0) is 14.3 Å². The molecule has 0 spiro atoms. The Bertz CT molecular complexity index is 449. The van der Waals surface area contributed by atoms with Gasteiger partial charge in [0.2, 0.25) is 5.91 Å². The third kappa shape index (κ3) is 4.41. The second kappa shape index (κ2) is 6.59. The highest BCUT2D eigenvalue weighted by atomic mass is 16.5. The summed E-state index contributed by atoms with van der Waals surface area (Å²) >= 11 is 0. The van der Waals surface area contributed by atoms with Crippen molar-refractivity contribution in [3.63, 3.8) is 0 Å². The SMILES string of the molecule is COC(=O)C(C)NC(=O)/C=C/c1ccc(C)cc1. The maximum atomic E-state index is 11.5. The number of esters is 1. The molecule has 4 heteroatoms. The zero-order valence-corrected chi connectivity index (χ0v) is 10.8. The molecule has 4 nitrogen and oxygen atoms in total. The predicted molar refractivity (Wildman–Crippen MR) is 69.8 cm³/mol. The van der Waals surface area contributed by atoms with Gasteiger partial charge in [-0.05, 0) is 25.5 Å². The van der Waals surface area contributed by atoms with Crippen molar-refractivity contribution in [1.82, 2.24) is 5.32 Å². The smallest absolute Gasteiger partial charge is 0.328 e. The van der Waals surface area contributed by atoms with Gasteiger partial charge in [-0.25, -0.2) is 4.79 Å². The molecule has 0 radical (unpaired) electrons. The lowest BCUT2D eigenvalue weighted by Gasteiger charge is -2.09. The zero-order chi connectivity index (χ0) is 13.5. The topological polar surface area (TPSA) is 55.4 Å². The number of amides is 1. The molecule has 96 valence electrons. The largest absolute Gasteiger partial charge is 0.467 e. The van der Waals surface area contributed by atoms with Gasteiger partial charge in [0, 0.05) is 6.08 Å². The molecule has 0 heterocycles. The van der Waals surface area contributed by atoms with E-state index < -0.39 is 12.0 Å². The normalized spacial score (nSPS) is 12.2. The van der Waals surface area contributed by atoms with Gasteiger partial charge < -0.3 is 10.1 Å². The maximum Gasteiger partial charge on any atom is 0.328 e. The molecule has 18 heavy (non-hydrogen) atoms. The summed E-state index contributed by atoms with van der Waals surface area (Å²) in [7, 11) is 1.28. The van der Waals surface area contributed by atoms with Gasteiger partial charge in [-0.15, -0.1) is 0 Å². The minimum Gasteiger partial charge on any atom is -0.467 e. The summed E-state index contributed by atoms with van der Waals surface area (Å²) in [6.45, 7) is 3.57. The highest BCUT2D eigenvalue weighted by molar-refractivity contribution is 5.94. The summed E-state index contributed by atoms with van der Waals surface area (Å²) in [5.41, 5.74) is 2.09. The van der Waals surface area contributed by atoms with E-state index in [-0.39, 0.29) is 5.91 Å². The molecule has 0 aliphatic heterocycles. The average molecular weight is 247 g/mol. The number of hydrogen-bond donors (Lipinski definition) is 1. The Balaban J connectivity index is 2.54. The first-order valence-electron chi connectivity index (χ1n) is 5.66. The van der Waals surface area contributed by atoms with E-state index in [1.165, 1.54) is 13.2 Å². The number of benzene rings is 1. The second-order valence-corrected chi connectivity index (χ2v) is 4.00. The van der Waals surface area contributed by atoms with Gasteiger partial charge in [-0.2, -0.15) is 0 Å². The molecular weight excluding hydrogens is 230 g/mol. The Labute approximate surface area is 107 Å². The minimum absolute atomic E-state index is 0.325. The van der Waals surface area contributed by atoms with Crippen molar-refractivity contribution < 1.29 is 14.3 Å². The first kappa shape index (κ1) is 14.0. The number of carbonyl (C=O) groups is 2. The van der Waals surface area contributed by atoms with Crippen molar-refractivity contribution in [3.8, 4) is 0 Å². The fraction of sp³-hybridized carbons (Fsp3) is 0.286. The lowest BCUT2D eigenvalue weighted by Crippen LogP contribution is -2.38. The van der Waals surface area contributed by atoms with Crippen molar-refractivity contribution >= 4 is 18.0 Å². The second-order valence-electron chi connectivity index (χ2n) is 4.00. The van der Waals surface area contributed by atoms with Gasteiger partial charge in [0.1, 0.15) is 6.04 Å². The van der Waals surface area contributed by atoms with Crippen LogP contribution < -0.4 is 5.32 Å². The van der Waals surface area contributed by atoms with Gasteiger partial charge in [-0.3, -0.25) is 4.79 Å². The number of carbonyl (C=O) groups excluding carboxylic acids is 2. The van der Waals surface area contributed by atoms with Gasteiger partial charge in [0.15, 0.2) is 0 Å². The van der Waals surface area contributed by atoms with Crippen LogP contribution in [0.3, 0.4) is 0 Å². The van der Waals surface area contributed by atoms with Gasteiger partial charge in [-0.1, -0.05) is 29.8 Å². The van der Waals surface area contributed by atoms with Gasteiger partial charge >= 0.3 is 5.97 Å². The summed E-state index contributed by atoms with van der Waals surface area (Å²) < 4.78 is 4.51. The van der Waals surface area contributed by atoms with E-state index in [0.717, 1.165) is 11.1 Å². The van der Waals surface area contributed by atoms with E-state index in [0.29, 0.717) is 0 Å². The number of nitrogens with one attached hydrogen (secondary N) is 1. The summed E-state index contributed by atoms with van der Waals surface area (Å²) in [6, 6.07) is 7.12. The molecule has 0 saturated heterocycles. The van der Waals surface area contributed by atoms with Crippen LogP contribution in [-0.4, -0.2) is 25.0 Å². The third-order valence-corrected chi connectivity index (χ3v) is 2.42. The fourth-order valence-electron chi connectivity index (χ4n) is 1.35. The maximum absolute atomic E-state index is 11.5.